The number of hydrogen-bond donors (Lipinski definition) is 1. The van der Waals surface area contributed by atoms with Crippen LogP contribution in [0.4, 0.5) is 0 Å². The quantitative estimate of drug-likeness (QED) is 0.907. The van der Waals surface area contributed by atoms with Crippen LogP contribution in [0.1, 0.15) is 11.1 Å². The Morgan fingerprint density at radius 1 is 1.53 bits per heavy atom. The number of rotatable bonds is 2. The lowest BCUT2D eigenvalue weighted by molar-refractivity contribution is 0.281. The SMILES string of the molecule is Cc1ccn(-c2cc(CO)c(Br)cn2)c1. The second-order valence-electron chi connectivity index (χ2n) is 3.39. The summed E-state index contributed by atoms with van der Waals surface area (Å²) in [6.45, 7) is 2.04. The lowest BCUT2D eigenvalue weighted by Crippen LogP contribution is -1.97. The molecule has 1 N–H and O–H groups in total. The third-order valence-corrected chi connectivity index (χ3v) is 2.91. The van der Waals surface area contributed by atoms with Gasteiger partial charge in [-0.05, 0) is 46.1 Å². The molecule has 0 fully saturated rings. The summed E-state index contributed by atoms with van der Waals surface area (Å²) < 4.78 is 2.76. The first-order chi connectivity index (χ1) is 7.20. The number of nitrogens with zero attached hydrogens (tertiary/aromatic N) is 2. The summed E-state index contributed by atoms with van der Waals surface area (Å²) in [7, 11) is 0. The van der Waals surface area contributed by atoms with Crippen molar-refractivity contribution in [2.24, 2.45) is 0 Å². The van der Waals surface area contributed by atoms with E-state index >= 15 is 0 Å². The Morgan fingerprint density at radius 3 is 2.93 bits per heavy atom. The molecule has 78 valence electrons. The van der Waals surface area contributed by atoms with E-state index in [4.69, 9.17) is 5.11 Å². The van der Waals surface area contributed by atoms with Crippen molar-refractivity contribution in [3.8, 4) is 5.82 Å². The lowest BCUT2D eigenvalue weighted by atomic mass is 10.3. The molecule has 0 saturated heterocycles. The minimum absolute atomic E-state index is 0.0103. The van der Waals surface area contributed by atoms with Gasteiger partial charge in [-0.25, -0.2) is 4.98 Å². The van der Waals surface area contributed by atoms with Gasteiger partial charge in [0.05, 0.1) is 6.61 Å². The largest absolute Gasteiger partial charge is 0.392 e. The molecule has 3 nitrogen and oxygen atoms in total. The van der Waals surface area contributed by atoms with Crippen LogP contribution in [-0.2, 0) is 6.61 Å². The number of halogens is 1. The minimum Gasteiger partial charge on any atom is -0.392 e. The van der Waals surface area contributed by atoms with E-state index in [1.54, 1.807) is 6.20 Å². The Kier molecular flexibility index (Phi) is 2.88. The standard InChI is InChI=1S/C11H11BrN2O/c1-8-2-3-14(6-8)11-4-9(7-15)10(12)5-13-11/h2-6,15H,7H2,1H3. The second kappa shape index (κ2) is 4.16. The Labute approximate surface area is 96.5 Å². The van der Waals surface area contributed by atoms with Crippen LogP contribution in [0.15, 0.2) is 35.2 Å². The molecule has 0 amide bonds. The molecule has 15 heavy (non-hydrogen) atoms. The lowest BCUT2D eigenvalue weighted by Gasteiger charge is -2.05. The summed E-state index contributed by atoms with van der Waals surface area (Å²) >= 11 is 3.34. The first-order valence-electron chi connectivity index (χ1n) is 4.61. The van der Waals surface area contributed by atoms with Crippen molar-refractivity contribution in [3.63, 3.8) is 0 Å². The van der Waals surface area contributed by atoms with Gasteiger partial charge in [-0.2, -0.15) is 0 Å². The Bertz CT molecular complexity index is 479. The topological polar surface area (TPSA) is 38.0 Å². The predicted molar refractivity (Wildman–Crippen MR) is 61.9 cm³/mol. The van der Waals surface area contributed by atoms with Gasteiger partial charge < -0.3 is 9.67 Å². The number of pyridine rings is 1. The highest BCUT2D eigenvalue weighted by molar-refractivity contribution is 9.10. The highest BCUT2D eigenvalue weighted by Gasteiger charge is 2.03. The van der Waals surface area contributed by atoms with E-state index in [9.17, 15) is 0 Å². The Morgan fingerprint density at radius 2 is 2.33 bits per heavy atom. The zero-order valence-corrected chi connectivity index (χ0v) is 9.90. The van der Waals surface area contributed by atoms with Crippen LogP contribution < -0.4 is 0 Å². The molecule has 0 saturated carbocycles. The molecular weight excluding hydrogens is 256 g/mol. The van der Waals surface area contributed by atoms with Gasteiger partial charge in [0.1, 0.15) is 5.82 Å². The van der Waals surface area contributed by atoms with E-state index in [0.717, 1.165) is 15.9 Å². The van der Waals surface area contributed by atoms with Crippen molar-refractivity contribution >= 4 is 15.9 Å². The second-order valence-corrected chi connectivity index (χ2v) is 4.24. The smallest absolute Gasteiger partial charge is 0.136 e. The highest BCUT2D eigenvalue weighted by Crippen LogP contribution is 2.18. The van der Waals surface area contributed by atoms with Crippen molar-refractivity contribution in [2.75, 3.05) is 0 Å². The number of aromatic nitrogens is 2. The maximum absolute atomic E-state index is 9.13. The monoisotopic (exact) mass is 266 g/mol. The molecule has 2 aromatic rings. The molecule has 0 unspecified atom stereocenters. The highest BCUT2D eigenvalue weighted by atomic mass is 79.9. The maximum Gasteiger partial charge on any atom is 0.136 e. The number of hydrogen-bond acceptors (Lipinski definition) is 2. The van der Waals surface area contributed by atoms with Crippen molar-refractivity contribution in [2.45, 2.75) is 13.5 Å². The van der Waals surface area contributed by atoms with E-state index in [-0.39, 0.29) is 6.61 Å². The van der Waals surface area contributed by atoms with Crippen molar-refractivity contribution < 1.29 is 5.11 Å². The van der Waals surface area contributed by atoms with Crippen molar-refractivity contribution in [1.82, 2.24) is 9.55 Å². The summed E-state index contributed by atoms with van der Waals surface area (Å²) in [5.74, 6) is 0.815. The predicted octanol–water partition coefficient (Wildman–Crippen LogP) is 2.44. The average molecular weight is 267 g/mol. The zero-order valence-electron chi connectivity index (χ0n) is 8.31. The fraction of sp³-hybridized carbons (Fsp3) is 0.182. The van der Waals surface area contributed by atoms with Gasteiger partial charge in [-0.15, -0.1) is 0 Å². The van der Waals surface area contributed by atoms with E-state index in [2.05, 4.69) is 20.9 Å². The molecule has 0 aliphatic rings. The molecule has 2 rings (SSSR count). The Balaban J connectivity index is 2.45. The van der Waals surface area contributed by atoms with Crippen LogP contribution in [0.3, 0.4) is 0 Å². The molecule has 2 heterocycles. The van der Waals surface area contributed by atoms with Crippen LogP contribution >= 0.6 is 15.9 Å². The van der Waals surface area contributed by atoms with Gasteiger partial charge in [-0.1, -0.05) is 0 Å². The van der Waals surface area contributed by atoms with Crippen LogP contribution in [0, 0.1) is 6.92 Å². The summed E-state index contributed by atoms with van der Waals surface area (Å²) in [5.41, 5.74) is 2.02. The zero-order chi connectivity index (χ0) is 10.8. The fourth-order valence-corrected chi connectivity index (χ4v) is 1.72. The van der Waals surface area contributed by atoms with E-state index < -0.39 is 0 Å². The molecule has 4 heteroatoms. The first kappa shape index (κ1) is 10.4. The fourth-order valence-electron chi connectivity index (χ4n) is 1.38. The third-order valence-electron chi connectivity index (χ3n) is 2.20. The molecule has 0 aliphatic carbocycles. The average Bonchev–Trinajstić information content (AvgIpc) is 2.66. The molecular formula is C11H11BrN2O. The molecule has 0 atom stereocenters. The van der Waals surface area contributed by atoms with Gasteiger partial charge in [0.15, 0.2) is 0 Å². The van der Waals surface area contributed by atoms with Gasteiger partial charge >= 0.3 is 0 Å². The summed E-state index contributed by atoms with van der Waals surface area (Å²) in [5, 5.41) is 9.13. The molecule has 0 aromatic carbocycles. The summed E-state index contributed by atoms with van der Waals surface area (Å²) in [6, 6.07) is 3.88. The number of aryl methyl sites for hydroxylation is 1. The van der Waals surface area contributed by atoms with Gasteiger partial charge in [-0.3, -0.25) is 0 Å². The van der Waals surface area contributed by atoms with E-state index in [0.29, 0.717) is 0 Å². The van der Waals surface area contributed by atoms with Crippen LogP contribution in [-0.4, -0.2) is 14.7 Å². The van der Waals surface area contributed by atoms with E-state index in [1.807, 2.05) is 36.0 Å². The molecule has 0 radical (unpaired) electrons. The van der Waals surface area contributed by atoms with Gasteiger partial charge in [0.2, 0.25) is 0 Å². The normalized spacial score (nSPS) is 10.6. The third kappa shape index (κ3) is 2.11. The maximum atomic E-state index is 9.13. The van der Waals surface area contributed by atoms with Gasteiger partial charge in [0.25, 0.3) is 0 Å². The molecule has 0 aliphatic heterocycles. The number of aliphatic hydroxyl groups is 1. The summed E-state index contributed by atoms with van der Waals surface area (Å²) in [6.07, 6.45) is 5.65. The molecule has 2 aromatic heterocycles. The van der Waals surface area contributed by atoms with Crippen molar-refractivity contribution in [3.05, 3.63) is 46.3 Å². The number of aliphatic hydroxyl groups excluding tert-OH is 1. The van der Waals surface area contributed by atoms with Gasteiger partial charge in [0, 0.05) is 23.1 Å². The van der Waals surface area contributed by atoms with Crippen LogP contribution in [0.2, 0.25) is 0 Å². The molecule has 0 bridgehead atoms. The molecule has 0 spiro atoms. The summed E-state index contributed by atoms with van der Waals surface area (Å²) in [4.78, 5) is 4.28. The van der Waals surface area contributed by atoms with Crippen LogP contribution in [0.5, 0.6) is 0 Å². The van der Waals surface area contributed by atoms with E-state index in [1.165, 1.54) is 5.56 Å². The van der Waals surface area contributed by atoms with Crippen molar-refractivity contribution in [1.29, 1.82) is 0 Å². The first-order valence-corrected chi connectivity index (χ1v) is 5.40. The Hall–Kier alpha value is -1.13. The van der Waals surface area contributed by atoms with Crippen LogP contribution in [0.25, 0.3) is 5.82 Å². The minimum atomic E-state index is 0.0103.